The number of aromatic nitrogens is 1. The molecule has 0 fully saturated rings. The van der Waals surface area contributed by atoms with Crippen molar-refractivity contribution in [3.8, 4) is 5.75 Å². The lowest BCUT2D eigenvalue weighted by Gasteiger charge is -2.11. The lowest BCUT2D eigenvalue weighted by atomic mass is 10.2. The van der Waals surface area contributed by atoms with Gasteiger partial charge in [0.2, 0.25) is 0 Å². The van der Waals surface area contributed by atoms with Crippen LogP contribution in [0.3, 0.4) is 0 Å². The topological polar surface area (TPSA) is 58.5 Å². The van der Waals surface area contributed by atoms with Crippen LogP contribution in [0.25, 0.3) is 0 Å². The molecule has 0 aliphatic carbocycles. The van der Waals surface area contributed by atoms with Gasteiger partial charge in [-0.1, -0.05) is 42.5 Å². The van der Waals surface area contributed by atoms with E-state index < -0.39 is 0 Å². The smallest absolute Gasteiger partial charge is 0.191 e. The lowest BCUT2D eigenvalue weighted by molar-refractivity contribution is 0.306. The monoisotopic (exact) mass is 394 g/mol. The molecule has 1 heterocycles. The molecule has 0 amide bonds. The Kier molecular flexibility index (Phi) is 7.44. The van der Waals surface area contributed by atoms with Crippen molar-refractivity contribution in [1.29, 1.82) is 0 Å². The minimum Gasteiger partial charge on any atom is -0.489 e. The third kappa shape index (κ3) is 6.39. The number of aliphatic imine (C=N–C) groups is 1. The number of aryl methyl sites for hydroxylation is 1. The first kappa shape index (κ1) is 19.9. The quantitative estimate of drug-likeness (QED) is 0.442. The Morgan fingerprint density at radius 2 is 1.89 bits per heavy atom. The van der Waals surface area contributed by atoms with Crippen molar-refractivity contribution >= 4 is 17.3 Å². The third-order valence-electron chi connectivity index (χ3n) is 3.99. The van der Waals surface area contributed by atoms with Gasteiger partial charge in [-0.3, -0.25) is 0 Å². The van der Waals surface area contributed by atoms with Crippen molar-refractivity contribution < 1.29 is 4.74 Å². The van der Waals surface area contributed by atoms with Gasteiger partial charge < -0.3 is 15.4 Å². The Balaban J connectivity index is 1.57. The van der Waals surface area contributed by atoms with Crippen LogP contribution in [0.15, 0.2) is 65.8 Å². The highest BCUT2D eigenvalue weighted by Crippen LogP contribution is 2.16. The Labute approximate surface area is 170 Å². The number of thiazole rings is 1. The fourth-order valence-corrected chi connectivity index (χ4v) is 3.36. The summed E-state index contributed by atoms with van der Waals surface area (Å²) in [7, 11) is 0. The number of ether oxygens (including phenoxy) is 1. The number of benzene rings is 2. The second-order valence-electron chi connectivity index (χ2n) is 6.34. The van der Waals surface area contributed by atoms with Crippen molar-refractivity contribution in [2.75, 3.05) is 6.54 Å². The van der Waals surface area contributed by atoms with Crippen molar-refractivity contribution in [1.82, 2.24) is 15.6 Å². The largest absolute Gasteiger partial charge is 0.489 e. The fraction of sp³-hybridized carbons (Fsp3) is 0.273. The van der Waals surface area contributed by atoms with E-state index in [1.165, 1.54) is 4.88 Å². The second-order valence-corrected chi connectivity index (χ2v) is 7.65. The van der Waals surface area contributed by atoms with E-state index in [-0.39, 0.29) is 0 Å². The summed E-state index contributed by atoms with van der Waals surface area (Å²) >= 11 is 1.69. The van der Waals surface area contributed by atoms with Gasteiger partial charge in [-0.25, -0.2) is 9.98 Å². The van der Waals surface area contributed by atoms with Gasteiger partial charge in [0, 0.05) is 17.6 Å². The Hall–Kier alpha value is -2.86. The number of nitrogens with zero attached hydrogens (tertiary/aromatic N) is 2. The first-order chi connectivity index (χ1) is 13.7. The van der Waals surface area contributed by atoms with Gasteiger partial charge in [-0.2, -0.15) is 0 Å². The molecule has 1 aromatic heterocycles. The molecule has 3 rings (SSSR count). The molecule has 2 aromatic carbocycles. The molecule has 0 aliphatic heterocycles. The molecule has 0 radical (unpaired) electrons. The van der Waals surface area contributed by atoms with Crippen molar-refractivity contribution in [2.45, 2.75) is 33.5 Å². The Morgan fingerprint density at radius 3 is 2.64 bits per heavy atom. The number of rotatable bonds is 8. The molecule has 5 nitrogen and oxygen atoms in total. The standard InChI is InChI=1S/C22H26N4OS/c1-3-23-22(26-15-21-24-13-17(2)28-21)25-14-19-10-7-11-20(12-19)27-16-18-8-5-4-6-9-18/h4-13H,3,14-16H2,1-2H3,(H2,23,25,26). The minimum absolute atomic E-state index is 0.561. The van der Waals surface area contributed by atoms with E-state index in [0.717, 1.165) is 34.4 Å². The van der Waals surface area contributed by atoms with Crippen molar-refractivity contribution in [3.05, 3.63) is 81.8 Å². The molecular formula is C22H26N4OS. The lowest BCUT2D eigenvalue weighted by Crippen LogP contribution is -2.36. The van der Waals surface area contributed by atoms with Crippen LogP contribution in [0.5, 0.6) is 5.75 Å². The maximum Gasteiger partial charge on any atom is 0.191 e. The number of guanidine groups is 1. The molecule has 2 N–H and O–H groups in total. The van der Waals surface area contributed by atoms with Gasteiger partial charge >= 0.3 is 0 Å². The van der Waals surface area contributed by atoms with Gasteiger partial charge in [0.05, 0.1) is 13.1 Å². The highest BCUT2D eigenvalue weighted by atomic mass is 32.1. The Morgan fingerprint density at radius 1 is 1.07 bits per heavy atom. The molecule has 0 saturated heterocycles. The summed E-state index contributed by atoms with van der Waals surface area (Å²) in [5.41, 5.74) is 2.26. The summed E-state index contributed by atoms with van der Waals surface area (Å²) in [6.07, 6.45) is 1.90. The molecule has 28 heavy (non-hydrogen) atoms. The maximum absolute atomic E-state index is 5.91. The molecule has 3 aromatic rings. The minimum atomic E-state index is 0.561. The summed E-state index contributed by atoms with van der Waals surface area (Å²) < 4.78 is 5.91. The zero-order valence-electron chi connectivity index (χ0n) is 16.3. The van der Waals surface area contributed by atoms with Crippen LogP contribution in [0.4, 0.5) is 0 Å². The van der Waals surface area contributed by atoms with Crippen LogP contribution in [0.1, 0.15) is 27.9 Å². The number of nitrogens with one attached hydrogen (secondary N) is 2. The van der Waals surface area contributed by atoms with E-state index in [2.05, 4.69) is 52.7 Å². The summed E-state index contributed by atoms with van der Waals surface area (Å²) in [4.78, 5) is 10.3. The van der Waals surface area contributed by atoms with Crippen molar-refractivity contribution in [3.63, 3.8) is 0 Å². The first-order valence-electron chi connectivity index (χ1n) is 9.42. The first-order valence-corrected chi connectivity index (χ1v) is 10.2. The molecule has 146 valence electrons. The molecule has 0 bridgehead atoms. The average molecular weight is 395 g/mol. The van der Waals surface area contributed by atoms with Crippen LogP contribution in [-0.2, 0) is 19.7 Å². The average Bonchev–Trinajstić information content (AvgIpc) is 3.15. The van der Waals surface area contributed by atoms with Crippen LogP contribution < -0.4 is 15.4 Å². The van der Waals surface area contributed by atoms with Gasteiger partial charge in [0.15, 0.2) is 5.96 Å². The molecule has 0 unspecified atom stereocenters. The summed E-state index contributed by atoms with van der Waals surface area (Å²) in [5, 5.41) is 7.67. The summed E-state index contributed by atoms with van der Waals surface area (Å²) in [5.74, 6) is 1.64. The van der Waals surface area contributed by atoms with E-state index >= 15 is 0 Å². The predicted octanol–water partition coefficient (Wildman–Crippen LogP) is 4.29. The van der Waals surface area contributed by atoms with E-state index in [4.69, 9.17) is 4.74 Å². The highest BCUT2D eigenvalue weighted by molar-refractivity contribution is 7.11. The van der Waals surface area contributed by atoms with E-state index in [1.54, 1.807) is 11.3 Å². The highest BCUT2D eigenvalue weighted by Gasteiger charge is 2.03. The number of hydrogen-bond acceptors (Lipinski definition) is 4. The maximum atomic E-state index is 5.91. The molecular weight excluding hydrogens is 368 g/mol. The van der Waals surface area contributed by atoms with Gasteiger partial charge in [-0.15, -0.1) is 11.3 Å². The Bertz CT molecular complexity index is 892. The van der Waals surface area contributed by atoms with Crippen LogP contribution in [0.2, 0.25) is 0 Å². The van der Waals surface area contributed by atoms with E-state index in [1.807, 2.05) is 42.6 Å². The van der Waals surface area contributed by atoms with E-state index in [0.29, 0.717) is 19.7 Å². The zero-order valence-corrected chi connectivity index (χ0v) is 17.1. The molecule has 0 spiro atoms. The SMILES string of the molecule is CCNC(=NCc1cccc(OCc2ccccc2)c1)NCc1ncc(C)s1. The van der Waals surface area contributed by atoms with Crippen molar-refractivity contribution in [2.24, 2.45) is 4.99 Å². The third-order valence-corrected chi connectivity index (χ3v) is 4.90. The van der Waals surface area contributed by atoms with E-state index in [9.17, 15) is 0 Å². The van der Waals surface area contributed by atoms with Crippen LogP contribution in [-0.4, -0.2) is 17.5 Å². The van der Waals surface area contributed by atoms with Gasteiger partial charge in [0.25, 0.3) is 0 Å². The fourth-order valence-electron chi connectivity index (χ4n) is 2.63. The molecule has 0 atom stereocenters. The van der Waals surface area contributed by atoms with Crippen LogP contribution in [0, 0.1) is 6.92 Å². The summed E-state index contributed by atoms with van der Waals surface area (Å²) in [6.45, 7) is 6.74. The summed E-state index contributed by atoms with van der Waals surface area (Å²) in [6, 6.07) is 18.3. The predicted molar refractivity (Wildman–Crippen MR) is 116 cm³/mol. The van der Waals surface area contributed by atoms with Gasteiger partial charge in [-0.05, 0) is 37.1 Å². The molecule has 6 heteroatoms. The normalized spacial score (nSPS) is 11.3. The molecule has 0 aliphatic rings. The number of hydrogen-bond donors (Lipinski definition) is 2. The molecule has 0 saturated carbocycles. The zero-order chi connectivity index (χ0) is 19.6. The van der Waals surface area contributed by atoms with Gasteiger partial charge in [0.1, 0.15) is 17.4 Å². The van der Waals surface area contributed by atoms with Crippen LogP contribution >= 0.6 is 11.3 Å². The second kappa shape index (κ2) is 10.5.